The highest BCUT2D eigenvalue weighted by atomic mass is 35.5. The maximum absolute atomic E-state index is 12.4. The molecule has 0 spiro atoms. The first-order valence-electron chi connectivity index (χ1n) is 5.08. The molecule has 0 unspecified atom stereocenters. The topological polar surface area (TPSA) is 63.8 Å². The molecule has 4 nitrogen and oxygen atoms in total. The maximum Gasteiger partial charge on any atom is 0.417 e. The van der Waals surface area contributed by atoms with Crippen LogP contribution in [0.3, 0.4) is 0 Å². The fourth-order valence-electron chi connectivity index (χ4n) is 1.33. The molecule has 3 N–H and O–H groups in total. The molecule has 100 valence electrons. The van der Waals surface area contributed by atoms with E-state index in [0.717, 1.165) is 6.07 Å². The Morgan fingerprint density at radius 1 is 1.26 bits per heavy atom. The Morgan fingerprint density at radius 3 is 2.58 bits per heavy atom. The number of nitrogens with zero attached hydrogens (tertiary/aromatic N) is 2. The molecule has 0 aliphatic heterocycles. The molecular weight excluding hydrogens is 281 g/mol. The molecule has 0 bridgehead atoms. The molecule has 2 heterocycles. The summed E-state index contributed by atoms with van der Waals surface area (Å²) < 4.78 is 37.3. The lowest BCUT2D eigenvalue weighted by molar-refractivity contribution is -0.137. The number of halogens is 4. The SMILES string of the molecule is Nc1cccc(Nc2ncc(C(F)(F)F)cc2Cl)n1. The summed E-state index contributed by atoms with van der Waals surface area (Å²) in [5, 5.41) is 2.54. The Balaban J connectivity index is 2.27. The molecule has 0 aliphatic carbocycles. The van der Waals surface area contributed by atoms with Crippen LogP contribution in [0.1, 0.15) is 5.56 Å². The minimum atomic E-state index is -4.48. The van der Waals surface area contributed by atoms with Crippen molar-refractivity contribution in [3.8, 4) is 0 Å². The standard InChI is InChI=1S/C11H8ClF3N4/c12-7-4-6(11(13,14)15)5-17-10(7)19-9-3-1-2-8(16)18-9/h1-5H,(H3,16,17,18,19). The molecule has 0 amide bonds. The first-order valence-corrected chi connectivity index (χ1v) is 5.46. The third-order valence-electron chi connectivity index (χ3n) is 2.19. The number of alkyl halides is 3. The number of hydrogen-bond acceptors (Lipinski definition) is 4. The predicted octanol–water partition coefficient (Wildman–Crippen LogP) is 3.47. The maximum atomic E-state index is 12.4. The van der Waals surface area contributed by atoms with Gasteiger partial charge in [0.2, 0.25) is 0 Å². The van der Waals surface area contributed by atoms with Crippen molar-refractivity contribution in [3.05, 3.63) is 41.0 Å². The summed E-state index contributed by atoms with van der Waals surface area (Å²) in [5.41, 5.74) is 4.56. The van der Waals surface area contributed by atoms with E-state index in [0.29, 0.717) is 12.0 Å². The van der Waals surface area contributed by atoms with Crippen LogP contribution in [0.2, 0.25) is 5.02 Å². The van der Waals surface area contributed by atoms with Crippen molar-refractivity contribution in [1.82, 2.24) is 9.97 Å². The van der Waals surface area contributed by atoms with Crippen LogP contribution in [0, 0.1) is 0 Å². The van der Waals surface area contributed by atoms with Crippen LogP contribution in [0.15, 0.2) is 30.5 Å². The van der Waals surface area contributed by atoms with Crippen molar-refractivity contribution in [2.45, 2.75) is 6.18 Å². The summed E-state index contributed by atoms with van der Waals surface area (Å²) in [5.74, 6) is 0.690. The molecule has 0 radical (unpaired) electrons. The molecule has 0 atom stereocenters. The van der Waals surface area contributed by atoms with Crippen LogP contribution < -0.4 is 11.1 Å². The van der Waals surface area contributed by atoms with Gasteiger partial charge in [-0.25, -0.2) is 9.97 Å². The van der Waals surface area contributed by atoms with E-state index >= 15 is 0 Å². The number of rotatable bonds is 2. The fraction of sp³-hybridized carbons (Fsp3) is 0.0909. The van der Waals surface area contributed by atoms with Crippen LogP contribution in [0.25, 0.3) is 0 Å². The van der Waals surface area contributed by atoms with Gasteiger partial charge in [0.25, 0.3) is 0 Å². The van der Waals surface area contributed by atoms with E-state index in [2.05, 4.69) is 15.3 Å². The number of aromatic nitrogens is 2. The van der Waals surface area contributed by atoms with Crippen molar-refractivity contribution in [1.29, 1.82) is 0 Å². The first kappa shape index (κ1) is 13.4. The van der Waals surface area contributed by atoms with Crippen molar-refractivity contribution < 1.29 is 13.2 Å². The molecule has 0 aromatic carbocycles. The minimum absolute atomic E-state index is 0.0766. The summed E-state index contributed by atoms with van der Waals surface area (Å²) >= 11 is 5.74. The molecule has 2 aromatic rings. The summed E-state index contributed by atoms with van der Waals surface area (Å²) in [4.78, 5) is 7.55. The average molecular weight is 289 g/mol. The monoisotopic (exact) mass is 288 g/mol. The van der Waals surface area contributed by atoms with E-state index in [9.17, 15) is 13.2 Å². The molecule has 0 saturated carbocycles. The van der Waals surface area contributed by atoms with Gasteiger partial charge in [-0.1, -0.05) is 17.7 Å². The highest BCUT2D eigenvalue weighted by Gasteiger charge is 2.31. The van der Waals surface area contributed by atoms with Crippen LogP contribution in [-0.2, 0) is 6.18 Å². The molecule has 2 rings (SSSR count). The van der Waals surface area contributed by atoms with E-state index in [-0.39, 0.29) is 16.7 Å². The van der Waals surface area contributed by atoms with Gasteiger partial charge in [0.1, 0.15) is 17.5 Å². The lowest BCUT2D eigenvalue weighted by Gasteiger charge is -2.10. The fourth-order valence-corrected chi connectivity index (χ4v) is 1.54. The summed E-state index contributed by atoms with van der Waals surface area (Å²) in [7, 11) is 0. The summed E-state index contributed by atoms with van der Waals surface area (Å²) in [6, 6.07) is 5.60. The van der Waals surface area contributed by atoms with Crippen LogP contribution >= 0.6 is 11.6 Å². The van der Waals surface area contributed by atoms with Gasteiger partial charge in [-0.15, -0.1) is 0 Å². The average Bonchev–Trinajstić information content (AvgIpc) is 2.30. The third-order valence-corrected chi connectivity index (χ3v) is 2.47. The van der Waals surface area contributed by atoms with Crippen molar-refractivity contribution in [2.75, 3.05) is 11.1 Å². The zero-order valence-electron chi connectivity index (χ0n) is 9.37. The first-order chi connectivity index (χ1) is 8.86. The number of nitrogens with two attached hydrogens (primary N) is 1. The minimum Gasteiger partial charge on any atom is -0.384 e. The summed E-state index contributed by atoms with van der Waals surface area (Å²) in [6.45, 7) is 0. The molecule has 2 aromatic heterocycles. The van der Waals surface area contributed by atoms with Crippen LogP contribution in [0.5, 0.6) is 0 Å². The van der Waals surface area contributed by atoms with Gasteiger partial charge in [-0.05, 0) is 18.2 Å². The van der Waals surface area contributed by atoms with Crippen molar-refractivity contribution in [2.24, 2.45) is 0 Å². The van der Waals surface area contributed by atoms with Crippen molar-refractivity contribution >= 4 is 29.1 Å². The van der Waals surface area contributed by atoms with E-state index in [1.165, 1.54) is 0 Å². The van der Waals surface area contributed by atoms with E-state index in [1.54, 1.807) is 18.2 Å². The lowest BCUT2D eigenvalue weighted by atomic mass is 10.3. The molecule has 8 heteroatoms. The highest BCUT2D eigenvalue weighted by Crippen LogP contribution is 2.32. The molecular formula is C11H8ClF3N4. The zero-order valence-corrected chi connectivity index (χ0v) is 10.1. The van der Waals surface area contributed by atoms with Gasteiger partial charge in [0.15, 0.2) is 0 Å². The Labute approximate surface area is 111 Å². The number of pyridine rings is 2. The predicted molar refractivity (Wildman–Crippen MR) is 66.2 cm³/mol. The second-order valence-electron chi connectivity index (χ2n) is 3.62. The molecule has 0 fully saturated rings. The smallest absolute Gasteiger partial charge is 0.384 e. The quantitative estimate of drug-likeness (QED) is 0.888. The van der Waals surface area contributed by atoms with Gasteiger partial charge < -0.3 is 11.1 Å². The van der Waals surface area contributed by atoms with E-state index < -0.39 is 11.7 Å². The van der Waals surface area contributed by atoms with E-state index in [1.807, 2.05) is 0 Å². The van der Waals surface area contributed by atoms with Crippen molar-refractivity contribution in [3.63, 3.8) is 0 Å². The Bertz CT molecular complexity index is 601. The zero-order chi connectivity index (χ0) is 14.0. The Kier molecular flexibility index (Phi) is 3.48. The van der Waals surface area contributed by atoms with Gasteiger partial charge in [0, 0.05) is 6.20 Å². The van der Waals surface area contributed by atoms with Crippen LogP contribution in [0.4, 0.5) is 30.6 Å². The number of anilines is 3. The number of nitrogen functional groups attached to an aromatic ring is 1. The molecule has 0 saturated heterocycles. The largest absolute Gasteiger partial charge is 0.417 e. The third kappa shape index (κ3) is 3.25. The van der Waals surface area contributed by atoms with Gasteiger partial charge in [-0.2, -0.15) is 13.2 Å². The van der Waals surface area contributed by atoms with Gasteiger partial charge >= 0.3 is 6.18 Å². The second kappa shape index (κ2) is 4.93. The summed E-state index contributed by atoms with van der Waals surface area (Å²) in [6.07, 6.45) is -3.79. The molecule has 19 heavy (non-hydrogen) atoms. The van der Waals surface area contributed by atoms with E-state index in [4.69, 9.17) is 17.3 Å². The Morgan fingerprint density at radius 2 is 2.00 bits per heavy atom. The number of hydrogen-bond donors (Lipinski definition) is 2. The molecule has 0 aliphatic rings. The second-order valence-corrected chi connectivity index (χ2v) is 4.03. The van der Waals surface area contributed by atoms with Gasteiger partial charge in [-0.3, -0.25) is 0 Å². The number of nitrogens with one attached hydrogen (secondary N) is 1. The normalized spacial score (nSPS) is 11.4. The lowest BCUT2D eigenvalue weighted by Crippen LogP contribution is -2.07. The Hall–Kier alpha value is -2.02. The van der Waals surface area contributed by atoms with Crippen LogP contribution in [-0.4, -0.2) is 9.97 Å². The van der Waals surface area contributed by atoms with Gasteiger partial charge in [0.05, 0.1) is 10.6 Å². The highest BCUT2D eigenvalue weighted by molar-refractivity contribution is 6.33.